The third-order valence-electron chi connectivity index (χ3n) is 7.35. The van der Waals surface area contributed by atoms with Gasteiger partial charge in [-0.1, -0.05) is 26.8 Å². The number of carbonyl (C=O) groups is 3. The van der Waals surface area contributed by atoms with Gasteiger partial charge in [0, 0.05) is 35.6 Å². The number of β-lactam (4-membered cyclic amide) rings is 1. The number of amides is 1. The normalized spacial score (nSPS) is 20.0. The van der Waals surface area contributed by atoms with Crippen molar-refractivity contribution in [2.45, 2.75) is 26.8 Å². The van der Waals surface area contributed by atoms with Crippen LogP contribution >= 0.6 is 0 Å². The number of nitro benzene ring substituents is 1. The predicted octanol–water partition coefficient (Wildman–Crippen LogP) is 4.41. The molecular weight excluding hydrogens is 532 g/mol. The van der Waals surface area contributed by atoms with Crippen LogP contribution in [0.4, 0.5) is 5.69 Å². The lowest BCUT2D eigenvalue weighted by molar-refractivity contribution is -0.384. The molecule has 11 heteroatoms. The Morgan fingerprint density at radius 2 is 1.78 bits per heavy atom. The first-order chi connectivity index (χ1) is 19.6. The van der Waals surface area contributed by atoms with Crippen LogP contribution in [0.2, 0.25) is 0 Å². The Kier molecular flexibility index (Phi) is 7.27. The van der Waals surface area contributed by atoms with Gasteiger partial charge in [0.25, 0.3) is 5.69 Å². The summed E-state index contributed by atoms with van der Waals surface area (Å²) >= 11 is 0. The fourth-order valence-corrected chi connectivity index (χ4v) is 5.35. The van der Waals surface area contributed by atoms with E-state index in [1.54, 1.807) is 36.4 Å². The SMILES string of the molecule is CC(C)[C@H]1C(=O)N2C(C(=O)OC(=O)c3ccc([N+](=O)[O-])cc3)=C(/C=C/COc3ccc4ccc(=O)oc4c3)[C@H](C)[C@H]12. The van der Waals surface area contributed by atoms with E-state index < -0.39 is 22.5 Å². The molecule has 1 saturated heterocycles. The molecule has 2 aliphatic rings. The van der Waals surface area contributed by atoms with Gasteiger partial charge in [-0.05, 0) is 47.9 Å². The zero-order chi connectivity index (χ0) is 29.4. The van der Waals surface area contributed by atoms with Gasteiger partial charge in [0.1, 0.15) is 23.6 Å². The van der Waals surface area contributed by atoms with Crippen molar-refractivity contribution in [2.24, 2.45) is 17.8 Å². The van der Waals surface area contributed by atoms with E-state index in [0.29, 0.717) is 16.9 Å². The molecule has 1 amide bonds. The molecule has 41 heavy (non-hydrogen) atoms. The largest absolute Gasteiger partial charge is 0.489 e. The quantitative estimate of drug-likeness (QED) is 0.0980. The summed E-state index contributed by atoms with van der Waals surface area (Å²) in [5.41, 5.74) is 0.179. The van der Waals surface area contributed by atoms with E-state index in [9.17, 15) is 29.3 Å². The number of hydrogen-bond donors (Lipinski definition) is 0. The molecule has 5 rings (SSSR count). The van der Waals surface area contributed by atoms with Gasteiger partial charge in [0.05, 0.1) is 22.4 Å². The number of benzene rings is 2. The van der Waals surface area contributed by atoms with Crippen molar-refractivity contribution in [3.63, 3.8) is 0 Å². The van der Waals surface area contributed by atoms with E-state index in [4.69, 9.17) is 13.9 Å². The van der Waals surface area contributed by atoms with E-state index in [0.717, 1.165) is 17.5 Å². The Morgan fingerprint density at radius 1 is 1.07 bits per heavy atom. The molecule has 11 nitrogen and oxygen atoms in total. The molecule has 0 aliphatic carbocycles. The maximum absolute atomic E-state index is 13.3. The monoisotopic (exact) mass is 558 g/mol. The molecule has 3 atom stereocenters. The van der Waals surface area contributed by atoms with Gasteiger partial charge >= 0.3 is 17.6 Å². The van der Waals surface area contributed by atoms with E-state index >= 15 is 0 Å². The van der Waals surface area contributed by atoms with Crippen LogP contribution < -0.4 is 10.4 Å². The maximum Gasteiger partial charge on any atom is 0.363 e. The number of hydrogen-bond acceptors (Lipinski definition) is 9. The molecule has 3 aromatic rings. The number of rotatable bonds is 8. The molecule has 3 heterocycles. The lowest BCUT2D eigenvalue weighted by Crippen LogP contribution is -2.62. The van der Waals surface area contributed by atoms with Crippen molar-refractivity contribution in [1.29, 1.82) is 0 Å². The Balaban J connectivity index is 1.36. The Labute approximate surface area is 233 Å². The molecule has 2 aliphatic heterocycles. The summed E-state index contributed by atoms with van der Waals surface area (Å²) in [5, 5.41) is 11.6. The van der Waals surface area contributed by atoms with E-state index in [1.807, 2.05) is 20.8 Å². The van der Waals surface area contributed by atoms with Crippen LogP contribution in [0.25, 0.3) is 11.0 Å². The standard InChI is InChI=1S/C30H26N2O9/c1-16(2)25-26-17(3)22(5-4-14-39-21-12-8-18-9-13-24(33)40-23(18)15-21)27(31(26)28(25)34)30(36)41-29(35)19-6-10-20(11-7-19)32(37)38/h4-13,15-17,25-26H,14H2,1-3H3/b5-4+/t17-,25+,26+/m0/s1. The number of esters is 2. The molecule has 0 spiro atoms. The molecule has 210 valence electrons. The van der Waals surface area contributed by atoms with Crippen LogP contribution in [0.1, 0.15) is 31.1 Å². The average molecular weight is 559 g/mol. The fourth-order valence-electron chi connectivity index (χ4n) is 5.35. The molecule has 0 N–H and O–H groups in total. The third kappa shape index (κ3) is 5.13. The first-order valence-corrected chi connectivity index (χ1v) is 13.0. The van der Waals surface area contributed by atoms with Gasteiger partial charge in [0.15, 0.2) is 0 Å². The summed E-state index contributed by atoms with van der Waals surface area (Å²) in [5.74, 6) is -2.18. The zero-order valence-electron chi connectivity index (χ0n) is 22.4. The predicted molar refractivity (Wildman–Crippen MR) is 146 cm³/mol. The molecule has 1 aromatic heterocycles. The number of non-ortho nitro benzene ring substituents is 1. The average Bonchev–Trinajstić information content (AvgIpc) is 3.18. The van der Waals surface area contributed by atoms with Crippen molar-refractivity contribution in [2.75, 3.05) is 6.61 Å². The summed E-state index contributed by atoms with van der Waals surface area (Å²) < 4.78 is 16.1. The van der Waals surface area contributed by atoms with E-state index in [2.05, 4.69) is 0 Å². The summed E-state index contributed by atoms with van der Waals surface area (Å²) in [6, 6.07) is 12.5. The molecular formula is C30H26N2O9. The second-order valence-corrected chi connectivity index (χ2v) is 10.2. The molecule has 0 radical (unpaired) electrons. The molecule has 2 aromatic carbocycles. The highest BCUT2D eigenvalue weighted by molar-refractivity contribution is 6.06. The third-order valence-corrected chi connectivity index (χ3v) is 7.35. The molecule has 1 fully saturated rings. The first kappa shape index (κ1) is 27.5. The number of fused-ring (bicyclic) bond motifs is 2. The lowest BCUT2D eigenvalue weighted by Gasteiger charge is -2.47. The smallest absolute Gasteiger partial charge is 0.363 e. The van der Waals surface area contributed by atoms with Crippen LogP contribution in [0.3, 0.4) is 0 Å². The number of nitro groups is 1. The van der Waals surface area contributed by atoms with Gasteiger partial charge in [0.2, 0.25) is 5.91 Å². The van der Waals surface area contributed by atoms with Gasteiger partial charge in [-0.15, -0.1) is 0 Å². The topological polar surface area (TPSA) is 146 Å². The summed E-state index contributed by atoms with van der Waals surface area (Å²) in [6.07, 6.45) is 3.37. The Hall–Kier alpha value is -5.06. The van der Waals surface area contributed by atoms with Crippen molar-refractivity contribution < 1.29 is 33.2 Å². The summed E-state index contributed by atoms with van der Waals surface area (Å²) in [7, 11) is 0. The van der Waals surface area contributed by atoms with Crippen LogP contribution in [0.5, 0.6) is 5.75 Å². The van der Waals surface area contributed by atoms with Crippen LogP contribution in [-0.2, 0) is 14.3 Å². The number of ether oxygens (including phenoxy) is 2. The number of nitrogens with zero attached hydrogens (tertiary/aromatic N) is 2. The Bertz CT molecular complexity index is 1680. The maximum atomic E-state index is 13.3. The van der Waals surface area contributed by atoms with E-state index in [1.165, 1.54) is 23.1 Å². The van der Waals surface area contributed by atoms with Crippen molar-refractivity contribution in [3.8, 4) is 5.75 Å². The summed E-state index contributed by atoms with van der Waals surface area (Å²) in [4.78, 5) is 62.2. The minimum atomic E-state index is -0.989. The zero-order valence-corrected chi connectivity index (χ0v) is 22.4. The van der Waals surface area contributed by atoms with E-state index in [-0.39, 0.29) is 53.3 Å². The van der Waals surface area contributed by atoms with Crippen LogP contribution in [0, 0.1) is 27.9 Å². The second kappa shape index (κ2) is 10.8. The second-order valence-electron chi connectivity index (χ2n) is 10.2. The lowest BCUT2D eigenvalue weighted by atomic mass is 9.74. The van der Waals surface area contributed by atoms with Crippen LogP contribution in [0.15, 0.2) is 87.2 Å². The highest BCUT2D eigenvalue weighted by Gasteiger charge is 2.59. The van der Waals surface area contributed by atoms with Gasteiger partial charge in [-0.2, -0.15) is 0 Å². The van der Waals surface area contributed by atoms with Gasteiger partial charge in [-0.3, -0.25) is 14.9 Å². The Morgan fingerprint density at radius 3 is 2.46 bits per heavy atom. The molecule has 0 saturated carbocycles. The number of allylic oxidation sites excluding steroid dienone is 1. The minimum absolute atomic E-state index is 0.0107. The minimum Gasteiger partial charge on any atom is -0.489 e. The van der Waals surface area contributed by atoms with Crippen LogP contribution in [-0.4, -0.2) is 40.3 Å². The molecule has 0 unspecified atom stereocenters. The molecule has 0 bridgehead atoms. The van der Waals surface area contributed by atoms with Crippen molar-refractivity contribution >= 4 is 34.5 Å². The highest BCUT2D eigenvalue weighted by atomic mass is 16.6. The van der Waals surface area contributed by atoms with Gasteiger partial charge < -0.3 is 18.8 Å². The van der Waals surface area contributed by atoms with Crippen molar-refractivity contribution in [3.05, 3.63) is 104 Å². The number of carbonyl (C=O) groups excluding carboxylic acids is 3. The fraction of sp³-hybridized carbons (Fsp3) is 0.267. The highest BCUT2D eigenvalue weighted by Crippen LogP contribution is 2.49. The van der Waals surface area contributed by atoms with Gasteiger partial charge in [-0.25, -0.2) is 14.4 Å². The summed E-state index contributed by atoms with van der Waals surface area (Å²) in [6.45, 7) is 5.89. The van der Waals surface area contributed by atoms with Crippen molar-refractivity contribution in [1.82, 2.24) is 4.90 Å². The first-order valence-electron chi connectivity index (χ1n) is 13.0.